The molecule has 32 heavy (non-hydrogen) atoms. The van der Waals surface area contributed by atoms with Crippen LogP contribution < -0.4 is 4.90 Å². The molecule has 2 heterocycles. The fraction of sp³-hybridized carbons (Fsp3) is 0.458. The molecule has 2 fully saturated rings. The molecule has 0 saturated carbocycles. The lowest BCUT2D eigenvalue weighted by Gasteiger charge is -2.39. The van der Waals surface area contributed by atoms with Crippen molar-refractivity contribution in [2.75, 3.05) is 44.2 Å². The summed E-state index contributed by atoms with van der Waals surface area (Å²) in [6.07, 6.45) is 1.12. The first-order valence-electron chi connectivity index (χ1n) is 11.1. The Labute approximate surface area is 189 Å². The van der Waals surface area contributed by atoms with E-state index >= 15 is 0 Å². The molecule has 172 valence electrons. The van der Waals surface area contributed by atoms with Crippen LogP contribution in [0.5, 0.6) is 0 Å². The zero-order chi connectivity index (χ0) is 22.7. The van der Waals surface area contributed by atoms with Crippen molar-refractivity contribution in [1.82, 2.24) is 9.21 Å². The molecule has 8 heteroatoms. The van der Waals surface area contributed by atoms with E-state index in [1.165, 1.54) is 16.4 Å². The minimum atomic E-state index is -3.40. The van der Waals surface area contributed by atoms with Crippen molar-refractivity contribution in [2.45, 2.75) is 25.5 Å². The van der Waals surface area contributed by atoms with Crippen LogP contribution >= 0.6 is 0 Å². The third kappa shape index (κ3) is 5.13. The molecule has 0 atom stereocenters. The van der Waals surface area contributed by atoms with Crippen LogP contribution in [0.3, 0.4) is 0 Å². The number of nitrogens with zero attached hydrogens (tertiary/aromatic N) is 3. The van der Waals surface area contributed by atoms with E-state index in [0.717, 1.165) is 16.8 Å². The second-order valence-corrected chi connectivity index (χ2v) is 10.6. The van der Waals surface area contributed by atoms with Crippen LogP contribution in [0.25, 0.3) is 0 Å². The number of carbonyl (C=O) groups excluding carboxylic acids is 1. The van der Waals surface area contributed by atoms with Gasteiger partial charge >= 0.3 is 0 Å². The van der Waals surface area contributed by atoms with E-state index in [4.69, 9.17) is 0 Å². The van der Waals surface area contributed by atoms with Crippen molar-refractivity contribution < 1.29 is 17.6 Å². The molecule has 2 aliphatic heterocycles. The number of aryl methyl sites for hydroxylation is 1. The number of halogens is 1. The lowest BCUT2D eigenvalue weighted by molar-refractivity contribution is -0.137. The first-order chi connectivity index (χ1) is 15.3. The number of piperidine rings is 1. The van der Waals surface area contributed by atoms with E-state index in [9.17, 15) is 17.6 Å². The Morgan fingerprint density at radius 3 is 2.19 bits per heavy atom. The van der Waals surface area contributed by atoms with E-state index < -0.39 is 10.0 Å². The van der Waals surface area contributed by atoms with Gasteiger partial charge < -0.3 is 9.80 Å². The molecule has 0 bridgehead atoms. The number of hydrogen-bond donors (Lipinski definition) is 0. The van der Waals surface area contributed by atoms with Gasteiger partial charge in [-0.1, -0.05) is 24.3 Å². The average molecular weight is 460 g/mol. The number of hydrogen-bond acceptors (Lipinski definition) is 4. The first kappa shape index (κ1) is 22.7. The van der Waals surface area contributed by atoms with E-state index in [1.54, 1.807) is 12.1 Å². The van der Waals surface area contributed by atoms with Crippen molar-refractivity contribution in [2.24, 2.45) is 5.92 Å². The van der Waals surface area contributed by atoms with Gasteiger partial charge in [0.1, 0.15) is 5.82 Å². The second-order valence-electron chi connectivity index (χ2n) is 8.64. The molecule has 2 saturated heterocycles. The highest BCUT2D eigenvalue weighted by atomic mass is 32.2. The van der Waals surface area contributed by atoms with Gasteiger partial charge in [0.05, 0.1) is 5.75 Å². The number of piperazine rings is 1. The van der Waals surface area contributed by atoms with E-state index in [1.807, 2.05) is 36.1 Å². The van der Waals surface area contributed by atoms with Gasteiger partial charge in [0.15, 0.2) is 0 Å². The zero-order valence-corrected chi connectivity index (χ0v) is 19.2. The van der Waals surface area contributed by atoms with E-state index in [2.05, 4.69) is 4.90 Å². The third-order valence-electron chi connectivity index (χ3n) is 6.58. The van der Waals surface area contributed by atoms with Gasteiger partial charge in [0, 0.05) is 50.9 Å². The molecule has 2 aliphatic rings. The van der Waals surface area contributed by atoms with Crippen molar-refractivity contribution >= 4 is 21.6 Å². The molecule has 6 nitrogen and oxygen atoms in total. The van der Waals surface area contributed by atoms with Crippen LogP contribution in [0.1, 0.15) is 24.0 Å². The number of sulfonamides is 1. The van der Waals surface area contributed by atoms with Gasteiger partial charge in [0.2, 0.25) is 15.9 Å². The van der Waals surface area contributed by atoms with E-state index in [-0.39, 0.29) is 23.4 Å². The van der Waals surface area contributed by atoms with Crippen LogP contribution in [0.2, 0.25) is 0 Å². The summed E-state index contributed by atoms with van der Waals surface area (Å²) in [4.78, 5) is 17.1. The molecule has 4 rings (SSSR count). The summed E-state index contributed by atoms with van der Waals surface area (Å²) >= 11 is 0. The van der Waals surface area contributed by atoms with Gasteiger partial charge in [-0.25, -0.2) is 17.1 Å². The second kappa shape index (κ2) is 9.58. The summed E-state index contributed by atoms with van der Waals surface area (Å²) in [6.45, 7) is 5.37. The molecule has 1 amide bonds. The predicted octanol–water partition coefficient (Wildman–Crippen LogP) is 3.02. The summed E-state index contributed by atoms with van der Waals surface area (Å²) in [5.74, 6) is -0.254. The predicted molar refractivity (Wildman–Crippen MR) is 123 cm³/mol. The normalized spacial score (nSPS) is 18.7. The fourth-order valence-corrected chi connectivity index (χ4v) is 6.20. The highest BCUT2D eigenvalue weighted by Gasteiger charge is 2.34. The van der Waals surface area contributed by atoms with Crippen molar-refractivity contribution in [1.29, 1.82) is 0 Å². The largest absolute Gasteiger partial charge is 0.368 e. The Bertz CT molecular complexity index is 1040. The molecular weight excluding hydrogens is 429 g/mol. The van der Waals surface area contributed by atoms with Crippen LogP contribution in [-0.2, 0) is 20.6 Å². The molecule has 0 spiro atoms. The Kier molecular flexibility index (Phi) is 6.81. The monoisotopic (exact) mass is 459 g/mol. The zero-order valence-electron chi connectivity index (χ0n) is 18.4. The van der Waals surface area contributed by atoms with Crippen molar-refractivity contribution in [3.8, 4) is 0 Å². The highest BCUT2D eigenvalue weighted by Crippen LogP contribution is 2.25. The molecule has 2 aromatic carbocycles. The maximum atomic E-state index is 13.1. The minimum absolute atomic E-state index is 0.00360. The minimum Gasteiger partial charge on any atom is -0.368 e. The van der Waals surface area contributed by atoms with Gasteiger partial charge in [0.25, 0.3) is 0 Å². The summed E-state index contributed by atoms with van der Waals surface area (Å²) < 4.78 is 40.4. The van der Waals surface area contributed by atoms with Crippen LogP contribution in [-0.4, -0.2) is 62.8 Å². The topological polar surface area (TPSA) is 60.9 Å². The Morgan fingerprint density at radius 1 is 0.938 bits per heavy atom. The molecule has 0 N–H and O–H groups in total. The SMILES string of the molecule is Cc1ccccc1CS(=O)(=O)N1CCC(C(=O)N2CCN(c3ccc(F)cc3)CC2)CC1. The van der Waals surface area contributed by atoms with Crippen molar-refractivity contribution in [3.05, 3.63) is 65.5 Å². The van der Waals surface area contributed by atoms with Crippen LogP contribution in [0, 0.1) is 18.7 Å². The number of benzene rings is 2. The molecule has 0 radical (unpaired) electrons. The molecule has 0 unspecified atom stereocenters. The van der Waals surface area contributed by atoms with Gasteiger partial charge in [-0.3, -0.25) is 4.79 Å². The maximum Gasteiger partial charge on any atom is 0.225 e. The standard InChI is InChI=1S/C24H30FN3O3S/c1-19-4-2-3-5-21(19)18-32(30,31)28-12-10-20(11-13-28)24(29)27-16-14-26(15-17-27)23-8-6-22(25)7-9-23/h2-9,20H,10-18H2,1H3. The number of carbonyl (C=O) groups is 1. The fourth-order valence-electron chi connectivity index (χ4n) is 4.54. The Morgan fingerprint density at radius 2 is 1.56 bits per heavy atom. The maximum absolute atomic E-state index is 13.1. The number of anilines is 1. The highest BCUT2D eigenvalue weighted by molar-refractivity contribution is 7.88. The van der Waals surface area contributed by atoms with Gasteiger partial charge in [-0.2, -0.15) is 0 Å². The smallest absolute Gasteiger partial charge is 0.225 e. The van der Waals surface area contributed by atoms with Crippen molar-refractivity contribution in [3.63, 3.8) is 0 Å². The Hall–Kier alpha value is -2.45. The molecule has 0 aliphatic carbocycles. The summed E-state index contributed by atoms with van der Waals surface area (Å²) in [7, 11) is -3.40. The van der Waals surface area contributed by atoms with Crippen LogP contribution in [0.4, 0.5) is 10.1 Å². The van der Waals surface area contributed by atoms with E-state index in [0.29, 0.717) is 52.1 Å². The molecule has 2 aromatic rings. The third-order valence-corrected chi connectivity index (χ3v) is 8.41. The first-order valence-corrected chi connectivity index (χ1v) is 12.8. The lowest BCUT2D eigenvalue weighted by Crippen LogP contribution is -2.52. The average Bonchev–Trinajstić information content (AvgIpc) is 2.81. The van der Waals surface area contributed by atoms with Gasteiger partial charge in [-0.15, -0.1) is 0 Å². The summed E-state index contributed by atoms with van der Waals surface area (Å²) in [5.41, 5.74) is 2.76. The molecule has 0 aromatic heterocycles. The lowest BCUT2D eigenvalue weighted by atomic mass is 9.96. The van der Waals surface area contributed by atoms with Gasteiger partial charge in [-0.05, 0) is 55.2 Å². The number of amides is 1. The quantitative estimate of drug-likeness (QED) is 0.690. The summed E-state index contributed by atoms with van der Waals surface area (Å²) in [5, 5.41) is 0. The number of rotatable bonds is 5. The molecular formula is C24H30FN3O3S. The van der Waals surface area contributed by atoms with Crippen LogP contribution in [0.15, 0.2) is 48.5 Å². The summed E-state index contributed by atoms with van der Waals surface area (Å²) in [6, 6.07) is 14.0. The Balaban J connectivity index is 1.28.